The minimum Gasteiger partial charge on any atom is -0.360 e. The van der Waals surface area contributed by atoms with E-state index in [1.54, 1.807) is 14.2 Å². The van der Waals surface area contributed by atoms with Crippen LogP contribution in [0.3, 0.4) is 0 Å². The van der Waals surface area contributed by atoms with Gasteiger partial charge in [0.05, 0.1) is 18.8 Å². The van der Waals surface area contributed by atoms with Crippen molar-refractivity contribution in [2.24, 2.45) is 0 Å². The van der Waals surface area contributed by atoms with E-state index in [1.807, 2.05) is 18.2 Å². The normalized spacial score (nSPS) is 18.4. The standard InChI is InChI=1S/C11H13BrClNO2/c1-15-11(16-2)6-14(7-11)10-4-3-8(13)5-9(10)12/h3-5H,6-7H2,1-2H3. The van der Waals surface area contributed by atoms with Gasteiger partial charge in [-0.25, -0.2) is 0 Å². The third-order valence-corrected chi connectivity index (χ3v) is 3.73. The van der Waals surface area contributed by atoms with Crippen molar-refractivity contribution in [1.29, 1.82) is 0 Å². The molecule has 1 aliphatic heterocycles. The number of benzene rings is 1. The molecular weight excluding hydrogens is 293 g/mol. The van der Waals surface area contributed by atoms with Crippen LogP contribution in [-0.2, 0) is 9.47 Å². The molecule has 3 nitrogen and oxygen atoms in total. The average molecular weight is 307 g/mol. The fourth-order valence-electron chi connectivity index (χ4n) is 1.78. The summed E-state index contributed by atoms with van der Waals surface area (Å²) >= 11 is 9.39. The SMILES string of the molecule is COC1(OC)CN(c2ccc(Cl)cc2Br)C1. The molecule has 2 rings (SSSR count). The Hall–Kier alpha value is -0.290. The number of nitrogens with zero attached hydrogens (tertiary/aromatic N) is 1. The van der Waals surface area contributed by atoms with Crippen molar-refractivity contribution in [3.05, 3.63) is 27.7 Å². The van der Waals surface area contributed by atoms with Crippen molar-refractivity contribution in [3.63, 3.8) is 0 Å². The van der Waals surface area contributed by atoms with E-state index in [2.05, 4.69) is 20.8 Å². The number of anilines is 1. The van der Waals surface area contributed by atoms with Gasteiger partial charge in [0.1, 0.15) is 0 Å². The highest BCUT2D eigenvalue weighted by molar-refractivity contribution is 9.10. The van der Waals surface area contributed by atoms with Gasteiger partial charge in [0.25, 0.3) is 0 Å². The van der Waals surface area contributed by atoms with Gasteiger partial charge in [0.15, 0.2) is 0 Å². The summed E-state index contributed by atoms with van der Waals surface area (Å²) in [5.74, 6) is -0.459. The Morgan fingerprint density at radius 1 is 1.31 bits per heavy atom. The topological polar surface area (TPSA) is 21.7 Å². The molecular formula is C11H13BrClNO2. The number of halogens is 2. The Bertz CT molecular complexity index is 388. The second-order valence-corrected chi connectivity index (χ2v) is 5.06. The first-order valence-electron chi connectivity index (χ1n) is 4.90. The molecule has 0 radical (unpaired) electrons. The smallest absolute Gasteiger partial charge is 0.203 e. The molecule has 1 aromatic rings. The molecule has 1 aromatic carbocycles. The molecule has 1 aliphatic rings. The summed E-state index contributed by atoms with van der Waals surface area (Å²) in [6, 6.07) is 5.75. The summed E-state index contributed by atoms with van der Waals surface area (Å²) in [7, 11) is 3.33. The zero-order valence-electron chi connectivity index (χ0n) is 9.17. The third kappa shape index (κ3) is 2.07. The second kappa shape index (κ2) is 4.53. The lowest BCUT2D eigenvalue weighted by Crippen LogP contribution is -2.64. The minimum absolute atomic E-state index is 0.459. The molecule has 0 spiro atoms. The second-order valence-electron chi connectivity index (χ2n) is 3.77. The van der Waals surface area contributed by atoms with Crippen LogP contribution in [0.15, 0.2) is 22.7 Å². The summed E-state index contributed by atoms with van der Waals surface area (Å²) in [6.07, 6.45) is 0. The number of hydrogen-bond acceptors (Lipinski definition) is 3. The highest BCUT2D eigenvalue weighted by Gasteiger charge is 2.44. The van der Waals surface area contributed by atoms with Crippen LogP contribution in [0.4, 0.5) is 5.69 Å². The van der Waals surface area contributed by atoms with Crippen molar-refractivity contribution in [1.82, 2.24) is 0 Å². The number of rotatable bonds is 3. The fraction of sp³-hybridized carbons (Fsp3) is 0.455. The quantitative estimate of drug-likeness (QED) is 0.802. The van der Waals surface area contributed by atoms with Crippen LogP contribution in [0.1, 0.15) is 0 Å². The molecule has 16 heavy (non-hydrogen) atoms. The number of ether oxygens (including phenoxy) is 2. The molecule has 1 heterocycles. The van der Waals surface area contributed by atoms with Crippen LogP contribution in [-0.4, -0.2) is 33.1 Å². The number of hydrogen-bond donors (Lipinski definition) is 0. The maximum atomic E-state index is 5.90. The molecule has 88 valence electrons. The van der Waals surface area contributed by atoms with Crippen LogP contribution >= 0.6 is 27.5 Å². The van der Waals surface area contributed by atoms with E-state index >= 15 is 0 Å². The van der Waals surface area contributed by atoms with Gasteiger partial charge < -0.3 is 14.4 Å². The molecule has 5 heteroatoms. The van der Waals surface area contributed by atoms with Crippen LogP contribution in [0.25, 0.3) is 0 Å². The molecule has 0 N–H and O–H groups in total. The Labute approximate surface area is 108 Å². The van der Waals surface area contributed by atoms with Gasteiger partial charge in [-0.15, -0.1) is 0 Å². The first-order valence-corrected chi connectivity index (χ1v) is 6.07. The molecule has 1 fully saturated rings. The van der Waals surface area contributed by atoms with Crippen LogP contribution < -0.4 is 4.90 Å². The molecule has 0 atom stereocenters. The van der Waals surface area contributed by atoms with E-state index < -0.39 is 5.79 Å². The maximum absolute atomic E-state index is 5.90. The maximum Gasteiger partial charge on any atom is 0.203 e. The van der Waals surface area contributed by atoms with E-state index in [4.69, 9.17) is 21.1 Å². The average Bonchev–Trinajstić information content (AvgIpc) is 2.20. The van der Waals surface area contributed by atoms with Gasteiger partial charge in [0, 0.05) is 23.7 Å². The van der Waals surface area contributed by atoms with Crippen molar-refractivity contribution in [2.75, 3.05) is 32.2 Å². The molecule has 0 aliphatic carbocycles. The Morgan fingerprint density at radius 3 is 2.44 bits per heavy atom. The largest absolute Gasteiger partial charge is 0.360 e. The summed E-state index contributed by atoms with van der Waals surface area (Å²) in [5.41, 5.74) is 1.11. The van der Waals surface area contributed by atoms with Gasteiger partial charge in [-0.1, -0.05) is 11.6 Å². The van der Waals surface area contributed by atoms with Crippen LogP contribution in [0.5, 0.6) is 0 Å². The van der Waals surface area contributed by atoms with E-state index in [9.17, 15) is 0 Å². The summed E-state index contributed by atoms with van der Waals surface area (Å²) in [4.78, 5) is 2.17. The summed E-state index contributed by atoms with van der Waals surface area (Å²) in [6.45, 7) is 1.44. The lowest BCUT2D eigenvalue weighted by molar-refractivity contribution is -0.219. The molecule has 0 saturated carbocycles. The molecule has 0 aromatic heterocycles. The first-order chi connectivity index (χ1) is 7.60. The summed E-state index contributed by atoms with van der Waals surface area (Å²) in [5, 5.41) is 0.723. The third-order valence-electron chi connectivity index (χ3n) is 2.86. The van der Waals surface area contributed by atoms with Gasteiger partial charge in [-0.2, -0.15) is 0 Å². The van der Waals surface area contributed by atoms with E-state index in [0.717, 1.165) is 28.3 Å². The zero-order chi connectivity index (χ0) is 11.8. The first kappa shape index (κ1) is 12.2. The Kier molecular flexibility index (Phi) is 3.45. The van der Waals surface area contributed by atoms with Crippen molar-refractivity contribution >= 4 is 33.2 Å². The minimum atomic E-state index is -0.459. The molecule has 0 unspecified atom stereocenters. The van der Waals surface area contributed by atoms with E-state index in [1.165, 1.54) is 0 Å². The van der Waals surface area contributed by atoms with Gasteiger partial charge in [-0.05, 0) is 34.1 Å². The van der Waals surface area contributed by atoms with Crippen molar-refractivity contribution in [3.8, 4) is 0 Å². The summed E-state index contributed by atoms with van der Waals surface area (Å²) < 4.78 is 11.7. The van der Waals surface area contributed by atoms with Crippen LogP contribution in [0.2, 0.25) is 5.02 Å². The Balaban J connectivity index is 2.12. The molecule has 0 amide bonds. The van der Waals surface area contributed by atoms with E-state index in [-0.39, 0.29) is 0 Å². The monoisotopic (exact) mass is 305 g/mol. The van der Waals surface area contributed by atoms with Gasteiger partial charge >= 0.3 is 0 Å². The van der Waals surface area contributed by atoms with Crippen molar-refractivity contribution in [2.45, 2.75) is 5.79 Å². The van der Waals surface area contributed by atoms with Crippen molar-refractivity contribution < 1.29 is 9.47 Å². The lowest BCUT2D eigenvalue weighted by Gasteiger charge is -2.49. The molecule has 1 saturated heterocycles. The van der Waals surface area contributed by atoms with Gasteiger partial charge in [-0.3, -0.25) is 0 Å². The van der Waals surface area contributed by atoms with E-state index in [0.29, 0.717) is 0 Å². The fourth-order valence-corrected chi connectivity index (χ4v) is 2.72. The van der Waals surface area contributed by atoms with Gasteiger partial charge in [0.2, 0.25) is 5.79 Å². The highest BCUT2D eigenvalue weighted by atomic mass is 79.9. The highest BCUT2D eigenvalue weighted by Crippen LogP contribution is 2.36. The predicted molar refractivity (Wildman–Crippen MR) is 68.1 cm³/mol. The number of methoxy groups -OCH3 is 2. The molecule has 0 bridgehead atoms. The lowest BCUT2D eigenvalue weighted by atomic mass is 10.1. The predicted octanol–water partition coefficient (Wildman–Crippen LogP) is 2.91. The zero-order valence-corrected chi connectivity index (χ0v) is 11.5. The Morgan fingerprint density at radius 2 is 1.94 bits per heavy atom. The van der Waals surface area contributed by atoms with Crippen LogP contribution in [0, 0.1) is 0 Å².